The molecule has 4 nitrogen and oxygen atoms in total. The first-order chi connectivity index (χ1) is 8.85. The Balaban J connectivity index is 2.71. The van der Waals surface area contributed by atoms with E-state index in [1.54, 1.807) is 12.1 Å². The number of aryl methyl sites for hydroxylation is 1. The van der Waals surface area contributed by atoms with Crippen LogP contribution in [0, 0.1) is 0 Å². The Kier molecular flexibility index (Phi) is 5.10. The summed E-state index contributed by atoms with van der Waals surface area (Å²) in [4.78, 5) is 22.4. The van der Waals surface area contributed by atoms with Crippen molar-refractivity contribution in [3.8, 4) is 0 Å². The fraction of sp³-hybridized carbons (Fsp3) is 0.467. The normalized spacial score (nSPS) is 10.9. The largest absolute Gasteiger partial charge is 0.444 e. The summed E-state index contributed by atoms with van der Waals surface area (Å²) in [6.07, 6.45) is 1.20. The lowest BCUT2D eigenvalue weighted by Crippen LogP contribution is -2.32. The van der Waals surface area contributed by atoms with Crippen LogP contribution in [0.15, 0.2) is 18.2 Å². The molecule has 0 fully saturated rings. The molecule has 1 aromatic rings. The van der Waals surface area contributed by atoms with Crippen molar-refractivity contribution in [1.82, 2.24) is 5.32 Å². The van der Waals surface area contributed by atoms with Crippen LogP contribution >= 0.6 is 0 Å². The summed E-state index contributed by atoms with van der Waals surface area (Å²) < 4.78 is 5.17. The lowest BCUT2D eigenvalue weighted by atomic mass is 10.0. The predicted molar refractivity (Wildman–Crippen MR) is 74.3 cm³/mol. The summed E-state index contributed by atoms with van der Waals surface area (Å²) in [6.45, 7) is 7.85. The lowest BCUT2D eigenvalue weighted by molar-refractivity contribution is 0.0523. The van der Waals surface area contributed by atoms with Gasteiger partial charge in [0, 0.05) is 12.1 Å². The number of carbonyl (C=O) groups is 2. The molecule has 1 rings (SSSR count). The van der Waals surface area contributed by atoms with Crippen molar-refractivity contribution in [2.75, 3.05) is 0 Å². The first-order valence-electron chi connectivity index (χ1n) is 6.39. The summed E-state index contributed by atoms with van der Waals surface area (Å²) in [5.74, 6) is 0. The van der Waals surface area contributed by atoms with Crippen molar-refractivity contribution >= 4 is 12.4 Å². The van der Waals surface area contributed by atoms with Crippen molar-refractivity contribution in [1.29, 1.82) is 0 Å². The van der Waals surface area contributed by atoms with Crippen molar-refractivity contribution in [3.63, 3.8) is 0 Å². The zero-order chi connectivity index (χ0) is 14.5. The van der Waals surface area contributed by atoms with Crippen molar-refractivity contribution in [2.45, 2.75) is 46.3 Å². The van der Waals surface area contributed by atoms with Gasteiger partial charge in [-0.25, -0.2) is 4.79 Å². The molecule has 1 N–H and O–H groups in total. The highest BCUT2D eigenvalue weighted by atomic mass is 16.6. The van der Waals surface area contributed by atoms with Gasteiger partial charge >= 0.3 is 6.09 Å². The van der Waals surface area contributed by atoms with Crippen LogP contribution in [0.4, 0.5) is 4.79 Å². The van der Waals surface area contributed by atoms with E-state index in [4.69, 9.17) is 4.74 Å². The zero-order valence-electron chi connectivity index (χ0n) is 11.9. The van der Waals surface area contributed by atoms with Gasteiger partial charge in [-0.1, -0.05) is 19.1 Å². The highest BCUT2D eigenvalue weighted by molar-refractivity contribution is 5.75. The van der Waals surface area contributed by atoms with E-state index in [2.05, 4.69) is 5.32 Å². The molecule has 0 unspecified atom stereocenters. The van der Waals surface area contributed by atoms with Crippen molar-refractivity contribution in [2.24, 2.45) is 0 Å². The summed E-state index contributed by atoms with van der Waals surface area (Å²) in [5, 5.41) is 2.70. The van der Waals surface area contributed by atoms with Crippen molar-refractivity contribution < 1.29 is 14.3 Å². The molecule has 4 heteroatoms. The van der Waals surface area contributed by atoms with E-state index in [1.165, 1.54) is 0 Å². The van der Waals surface area contributed by atoms with E-state index >= 15 is 0 Å². The van der Waals surface area contributed by atoms with Crippen LogP contribution in [0.2, 0.25) is 0 Å². The Labute approximate surface area is 114 Å². The number of alkyl carbamates (subject to hydrolysis) is 1. The molecule has 0 spiro atoms. The van der Waals surface area contributed by atoms with E-state index in [0.717, 1.165) is 23.8 Å². The molecular formula is C15H21NO3. The van der Waals surface area contributed by atoms with Crippen LogP contribution in [-0.4, -0.2) is 18.0 Å². The maximum Gasteiger partial charge on any atom is 0.407 e. The molecule has 0 aliphatic rings. The maximum atomic E-state index is 11.6. The highest BCUT2D eigenvalue weighted by Gasteiger charge is 2.16. The minimum atomic E-state index is -0.512. The second-order valence-corrected chi connectivity index (χ2v) is 5.35. The average Bonchev–Trinajstić information content (AvgIpc) is 2.33. The monoisotopic (exact) mass is 263 g/mol. The van der Waals surface area contributed by atoms with Gasteiger partial charge in [0.15, 0.2) is 0 Å². The zero-order valence-corrected chi connectivity index (χ0v) is 11.9. The number of hydrogen-bond acceptors (Lipinski definition) is 3. The van der Waals surface area contributed by atoms with Crippen LogP contribution in [0.1, 0.15) is 49.2 Å². The number of hydrogen-bond donors (Lipinski definition) is 1. The quantitative estimate of drug-likeness (QED) is 0.849. The number of aldehydes is 1. The molecule has 0 aliphatic carbocycles. The molecule has 0 radical (unpaired) electrons. The fourth-order valence-corrected chi connectivity index (χ4v) is 1.71. The fourth-order valence-electron chi connectivity index (χ4n) is 1.71. The van der Waals surface area contributed by atoms with Gasteiger partial charge in [0.1, 0.15) is 11.9 Å². The van der Waals surface area contributed by atoms with Gasteiger partial charge < -0.3 is 10.1 Å². The summed E-state index contributed by atoms with van der Waals surface area (Å²) in [6, 6.07) is 5.49. The number of amides is 1. The number of carbonyl (C=O) groups excluding carboxylic acids is 2. The van der Waals surface area contributed by atoms with Gasteiger partial charge in [-0.15, -0.1) is 0 Å². The van der Waals surface area contributed by atoms with Crippen LogP contribution in [-0.2, 0) is 17.7 Å². The third kappa shape index (κ3) is 5.12. The maximum absolute atomic E-state index is 11.6. The Morgan fingerprint density at radius 3 is 2.53 bits per heavy atom. The summed E-state index contributed by atoms with van der Waals surface area (Å²) >= 11 is 0. The molecule has 1 amide bonds. The van der Waals surface area contributed by atoms with E-state index in [1.807, 2.05) is 33.8 Å². The average molecular weight is 263 g/mol. The number of ether oxygens (including phenoxy) is 1. The Morgan fingerprint density at radius 2 is 2.00 bits per heavy atom. The lowest BCUT2D eigenvalue weighted by Gasteiger charge is -2.20. The second kappa shape index (κ2) is 6.36. The third-order valence-electron chi connectivity index (χ3n) is 2.57. The first kappa shape index (κ1) is 15.2. The van der Waals surface area contributed by atoms with Gasteiger partial charge in [-0.3, -0.25) is 4.79 Å². The Bertz CT molecular complexity index is 461. The molecule has 0 aliphatic heterocycles. The second-order valence-electron chi connectivity index (χ2n) is 5.35. The summed E-state index contributed by atoms with van der Waals surface area (Å²) in [7, 11) is 0. The van der Waals surface area contributed by atoms with E-state index in [0.29, 0.717) is 12.1 Å². The third-order valence-corrected chi connectivity index (χ3v) is 2.57. The van der Waals surface area contributed by atoms with E-state index in [-0.39, 0.29) is 0 Å². The van der Waals surface area contributed by atoms with Crippen molar-refractivity contribution in [3.05, 3.63) is 34.9 Å². The molecule has 0 bridgehead atoms. The Hall–Kier alpha value is -1.84. The van der Waals surface area contributed by atoms with Gasteiger partial charge in [0.25, 0.3) is 0 Å². The molecule has 104 valence electrons. The minimum Gasteiger partial charge on any atom is -0.444 e. The van der Waals surface area contributed by atoms with Gasteiger partial charge in [0.2, 0.25) is 0 Å². The predicted octanol–water partition coefficient (Wildman–Crippen LogP) is 3.09. The van der Waals surface area contributed by atoms with Crippen LogP contribution in [0.5, 0.6) is 0 Å². The molecule has 0 saturated heterocycles. The number of benzene rings is 1. The van der Waals surface area contributed by atoms with E-state index < -0.39 is 11.7 Å². The van der Waals surface area contributed by atoms with Gasteiger partial charge in [0.05, 0.1) is 0 Å². The molecule has 0 aromatic heterocycles. The molecule has 0 saturated carbocycles. The molecule has 0 atom stereocenters. The highest BCUT2D eigenvalue weighted by Crippen LogP contribution is 2.13. The SMILES string of the molecule is CCc1ccc(C=O)cc1CNC(=O)OC(C)(C)C. The molecule has 1 aromatic carbocycles. The van der Waals surface area contributed by atoms with Crippen LogP contribution in [0.25, 0.3) is 0 Å². The molecular weight excluding hydrogens is 242 g/mol. The smallest absolute Gasteiger partial charge is 0.407 e. The number of rotatable bonds is 4. The standard InChI is InChI=1S/C15H21NO3/c1-5-12-7-6-11(10-17)8-13(12)9-16-14(18)19-15(2,3)4/h6-8,10H,5,9H2,1-4H3,(H,16,18). The minimum absolute atomic E-state index is 0.361. The first-order valence-corrected chi connectivity index (χ1v) is 6.39. The molecule has 0 heterocycles. The van der Waals surface area contributed by atoms with Gasteiger partial charge in [-0.05, 0) is 44.4 Å². The summed E-state index contributed by atoms with van der Waals surface area (Å²) in [5.41, 5.74) is 2.15. The van der Waals surface area contributed by atoms with Crippen LogP contribution < -0.4 is 5.32 Å². The molecule has 19 heavy (non-hydrogen) atoms. The van der Waals surface area contributed by atoms with Crippen LogP contribution in [0.3, 0.4) is 0 Å². The Morgan fingerprint density at radius 1 is 1.32 bits per heavy atom. The van der Waals surface area contributed by atoms with E-state index in [9.17, 15) is 9.59 Å². The number of nitrogens with one attached hydrogen (secondary N) is 1. The van der Waals surface area contributed by atoms with Gasteiger partial charge in [-0.2, -0.15) is 0 Å². The topological polar surface area (TPSA) is 55.4 Å².